The van der Waals surface area contributed by atoms with Crippen molar-refractivity contribution in [2.45, 2.75) is 10.6 Å². The molecule has 2 aromatic rings. The normalized spacial score (nSPS) is 15.7. The van der Waals surface area contributed by atoms with E-state index in [9.17, 15) is 13.2 Å². The molecular formula is C16H21N5O4S. The van der Waals surface area contributed by atoms with Crippen molar-refractivity contribution in [1.82, 2.24) is 25.7 Å². The number of rotatable bonds is 7. The average Bonchev–Trinajstić information content (AvgIpc) is 3.11. The minimum atomic E-state index is -3.59. The summed E-state index contributed by atoms with van der Waals surface area (Å²) in [4.78, 5) is 18.4. The van der Waals surface area contributed by atoms with E-state index in [0.717, 1.165) is 32.7 Å². The van der Waals surface area contributed by atoms with Crippen LogP contribution in [0, 0.1) is 0 Å². The fourth-order valence-corrected chi connectivity index (χ4v) is 3.82. The number of amides is 1. The lowest BCUT2D eigenvalue weighted by molar-refractivity contribution is 0.0903. The van der Waals surface area contributed by atoms with E-state index in [-0.39, 0.29) is 16.6 Å². The molecule has 0 aliphatic carbocycles. The van der Waals surface area contributed by atoms with Crippen molar-refractivity contribution in [3.8, 4) is 0 Å². The van der Waals surface area contributed by atoms with E-state index in [2.05, 4.69) is 25.7 Å². The predicted octanol–water partition coefficient (Wildman–Crippen LogP) is -0.321. The zero-order valence-electron chi connectivity index (χ0n) is 14.2. The fraction of sp³-hybridized carbons (Fsp3) is 0.438. The number of nitrogens with zero attached hydrogens (tertiary/aromatic N) is 3. The first-order chi connectivity index (χ1) is 12.5. The molecule has 2 N–H and O–H groups in total. The molecule has 0 radical (unpaired) electrons. The van der Waals surface area contributed by atoms with Crippen LogP contribution >= 0.6 is 0 Å². The molecule has 1 saturated heterocycles. The van der Waals surface area contributed by atoms with E-state index in [1.54, 1.807) is 18.2 Å². The Labute approximate surface area is 151 Å². The van der Waals surface area contributed by atoms with Crippen molar-refractivity contribution < 1.29 is 17.7 Å². The molecule has 1 aromatic carbocycles. The van der Waals surface area contributed by atoms with Crippen molar-refractivity contribution in [2.24, 2.45) is 0 Å². The second kappa shape index (κ2) is 8.39. The van der Waals surface area contributed by atoms with Gasteiger partial charge in [0.1, 0.15) is 5.75 Å². The summed E-state index contributed by atoms with van der Waals surface area (Å²) in [6.07, 6.45) is 0. The van der Waals surface area contributed by atoms with Gasteiger partial charge in [-0.15, -0.1) is 0 Å². The van der Waals surface area contributed by atoms with Crippen LogP contribution in [0.25, 0.3) is 0 Å². The maximum absolute atomic E-state index is 12.3. The maximum atomic E-state index is 12.3. The lowest BCUT2D eigenvalue weighted by Crippen LogP contribution is -2.46. The number of nitrogens with one attached hydrogen (secondary N) is 2. The van der Waals surface area contributed by atoms with Gasteiger partial charge in [0.2, 0.25) is 0 Å². The Morgan fingerprint density at radius 2 is 1.96 bits per heavy atom. The minimum absolute atomic E-state index is 0.0406. The van der Waals surface area contributed by atoms with Crippen LogP contribution in [0.4, 0.5) is 0 Å². The van der Waals surface area contributed by atoms with Gasteiger partial charge in [0.15, 0.2) is 15.7 Å². The third-order valence-electron chi connectivity index (χ3n) is 4.01. The van der Waals surface area contributed by atoms with Gasteiger partial charge in [0.25, 0.3) is 0 Å². The first kappa shape index (κ1) is 18.5. The Bertz CT molecular complexity index is 831. The zero-order chi connectivity index (χ0) is 18.4. The van der Waals surface area contributed by atoms with Gasteiger partial charge in [0, 0.05) is 39.3 Å². The first-order valence-electron chi connectivity index (χ1n) is 8.36. The van der Waals surface area contributed by atoms with Gasteiger partial charge in [-0.25, -0.2) is 8.42 Å². The molecule has 0 spiro atoms. The van der Waals surface area contributed by atoms with Crippen molar-refractivity contribution in [3.63, 3.8) is 0 Å². The molecule has 9 nitrogen and oxygen atoms in total. The van der Waals surface area contributed by atoms with E-state index >= 15 is 0 Å². The molecule has 1 aromatic heterocycles. The molecular weight excluding hydrogens is 358 g/mol. The smallest absolute Gasteiger partial charge is 0.315 e. The molecule has 0 bridgehead atoms. The monoisotopic (exact) mass is 379 g/mol. The molecule has 1 aliphatic rings. The molecule has 26 heavy (non-hydrogen) atoms. The highest BCUT2D eigenvalue weighted by atomic mass is 32.2. The Hall–Kier alpha value is -2.30. The van der Waals surface area contributed by atoms with Crippen LogP contribution in [0.3, 0.4) is 0 Å². The molecule has 1 aliphatic heterocycles. The van der Waals surface area contributed by atoms with Crippen LogP contribution in [0.5, 0.6) is 0 Å². The van der Waals surface area contributed by atoms with Gasteiger partial charge in [-0.05, 0) is 12.1 Å². The highest BCUT2D eigenvalue weighted by molar-refractivity contribution is 7.90. The zero-order valence-corrected chi connectivity index (χ0v) is 15.0. The summed E-state index contributed by atoms with van der Waals surface area (Å²) in [6, 6.07) is 8.01. The first-order valence-corrected chi connectivity index (χ1v) is 10.0. The van der Waals surface area contributed by atoms with Gasteiger partial charge in [-0.1, -0.05) is 23.4 Å². The topological polar surface area (TPSA) is 117 Å². The number of sulfone groups is 1. The molecule has 2 heterocycles. The van der Waals surface area contributed by atoms with Crippen LogP contribution in [0.2, 0.25) is 0 Å². The second-order valence-electron chi connectivity index (χ2n) is 5.94. The van der Waals surface area contributed by atoms with Crippen LogP contribution in [-0.4, -0.2) is 68.6 Å². The Morgan fingerprint density at radius 1 is 1.23 bits per heavy atom. The van der Waals surface area contributed by atoms with Crippen LogP contribution in [0.15, 0.2) is 39.8 Å². The number of benzene rings is 1. The van der Waals surface area contributed by atoms with Crippen molar-refractivity contribution in [2.75, 3.05) is 39.3 Å². The number of piperazine rings is 1. The second-order valence-corrected chi connectivity index (χ2v) is 7.93. The summed E-state index contributed by atoms with van der Waals surface area (Å²) in [5.74, 6) is -1.20. The molecule has 3 rings (SSSR count). The van der Waals surface area contributed by atoms with Gasteiger partial charge in [-0.3, -0.25) is 9.69 Å². The summed E-state index contributed by atoms with van der Waals surface area (Å²) >= 11 is 0. The summed E-state index contributed by atoms with van der Waals surface area (Å²) in [6.45, 7) is 4.96. The maximum Gasteiger partial charge on any atom is 0.315 e. The summed E-state index contributed by atoms with van der Waals surface area (Å²) < 4.78 is 29.5. The lowest BCUT2D eigenvalue weighted by Gasteiger charge is -2.26. The van der Waals surface area contributed by atoms with E-state index in [1.807, 2.05) is 0 Å². The summed E-state index contributed by atoms with van der Waals surface area (Å²) in [5.41, 5.74) is 0. The van der Waals surface area contributed by atoms with Crippen molar-refractivity contribution in [3.05, 3.63) is 42.0 Å². The molecule has 140 valence electrons. The van der Waals surface area contributed by atoms with Gasteiger partial charge >= 0.3 is 11.8 Å². The minimum Gasteiger partial charge on any atom is -0.347 e. The van der Waals surface area contributed by atoms with E-state index in [1.165, 1.54) is 12.1 Å². The van der Waals surface area contributed by atoms with Crippen molar-refractivity contribution >= 4 is 15.7 Å². The number of carbonyl (C=O) groups is 1. The Kier molecular flexibility index (Phi) is 5.96. The van der Waals surface area contributed by atoms with Crippen LogP contribution in [0.1, 0.15) is 16.5 Å². The third-order valence-corrected chi connectivity index (χ3v) is 5.64. The predicted molar refractivity (Wildman–Crippen MR) is 93.3 cm³/mol. The number of carbonyl (C=O) groups excluding carboxylic acids is 1. The Morgan fingerprint density at radius 3 is 2.69 bits per heavy atom. The molecule has 0 saturated carbocycles. The quantitative estimate of drug-likeness (QED) is 0.672. The van der Waals surface area contributed by atoms with Crippen molar-refractivity contribution in [1.29, 1.82) is 0 Å². The van der Waals surface area contributed by atoms with Crippen LogP contribution < -0.4 is 10.6 Å². The Balaban J connectivity index is 1.53. The molecule has 0 atom stereocenters. The highest BCUT2D eigenvalue weighted by Crippen LogP contribution is 2.14. The van der Waals surface area contributed by atoms with Gasteiger partial charge < -0.3 is 15.2 Å². The van der Waals surface area contributed by atoms with Gasteiger partial charge in [0.05, 0.1) is 4.90 Å². The van der Waals surface area contributed by atoms with E-state index < -0.39 is 21.5 Å². The SMILES string of the molecule is O=C(NCCN1CCNCC1)c1nc(CS(=O)(=O)c2ccccc2)no1. The average molecular weight is 379 g/mol. The molecule has 0 unspecified atom stereocenters. The van der Waals surface area contributed by atoms with E-state index in [4.69, 9.17) is 4.52 Å². The van der Waals surface area contributed by atoms with Gasteiger partial charge in [-0.2, -0.15) is 4.98 Å². The van der Waals surface area contributed by atoms with E-state index in [0.29, 0.717) is 6.54 Å². The highest BCUT2D eigenvalue weighted by Gasteiger charge is 2.21. The lowest BCUT2D eigenvalue weighted by atomic mass is 10.3. The summed E-state index contributed by atoms with van der Waals surface area (Å²) in [7, 11) is -3.59. The molecule has 10 heteroatoms. The standard InChI is InChI=1S/C16H21N5O4S/c22-15(18-8-11-21-9-6-17-7-10-21)16-19-14(20-25-16)12-26(23,24)13-4-2-1-3-5-13/h1-5,17H,6-12H2,(H,18,22). The number of hydrogen-bond donors (Lipinski definition) is 2. The number of hydrogen-bond acceptors (Lipinski definition) is 8. The fourth-order valence-electron chi connectivity index (χ4n) is 2.62. The summed E-state index contributed by atoms with van der Waals surface area (Å²) in [5, 5.41) is 9.57. The third kappa shape index (κ3) is 4.87. The largest absolute Gasteiger partial charge is 0.347 e. The molecule has 1 fully saturated rings. The van der Waals surface area contributed by atoms with Crippen LogP contribution in [-0.2, 0) is 15.6 Å². The number of aromatic nitrogens is 2. The molecule has 1 amide bonds.